The van der Waals surface area contributed by atoms with E-state index >= 15 is 0 Å². The number of allylic oxidation sites excluding steroid dienone is 6. The number of aliphatic carboxylic acids is 1. The van der Waals surface area contributed by atoms with Crippen molar-refractivity contribution in [2.24, 2.45) is 11.8 Å². The fourth-order valence-corrected chi connectivity index (χ4v) is 3.91. The lowest BCUT2D eigenvalue weighted by molar-refractivity contribution is -0.141. The average molecular weight is 579 g/mol. The molecule has 0 saturated heterocycles. The van der Waals surface area contributed by atoms with E-state index in [2.05, 4.69) is 53.7 Å². The predicted octanol–water partition coefficient (Wildman–Crippen LogP) is 9.26. The minimum Gasteiger partial charge on any atom is -0.478 e. The molecule has 0 saturated carbocycles. The van der Waals surface area contributed by atoms with E-state index in [0.29, 0.717) is 11.8 Å². The van der Waals surface area contributed by atoms with Crippen molar-refractivity contribution in [1.29, 1.82) is 0 Å². The highest BCUT2D eigenvalue weighted by Gasteiger charge is 2.16. The van der Waals surface area contributed by atoms with Crippen LogP contribution in [0.25, 0.3) is 0 Å². The van der Waals surface area contributed by atoms with Crippen molar-refractivity contribution in [1.82, 2.24) is 0 Å². The molecule has 0 fully saturated rings. The average Bonchev–Trinajstić information content (AvgIpc) is 2.83. The molecule has 41 heavy (non-hydrogen) atoms. The Morgan fingerprint density at radius 1 is 0.732 bits per heavy atom. The first-order valence-electron chi connectivity index (χ1n) is 15.2. The molecule has 6 nitrogen and oxygen atoms in total. The monoisotopic (exact) mass is 578 g/mol. The van der Waals surface area contributed by atoms with Gasteiger partial charge in [-0.3, -0.25) is 0 Å². The second-order valence-corrected chi connectivity index (χ2v) is 12.8. The van der Waals surface area contributed by atoms with Gasteiger partial charge in [-0.2, -0.15) is 0 Å². The first-order chi connectivity index (χ1) is 18.9. The lowest BCUT2D eigenvalue weighted by Crippen LogP contribution is -2.22. The number of carboxylic acids is 1. The highest BCUT2D eigenvalue weighted by molar-refractivity contribution is 5.83. The zero-order chi connectivity index (χ0) is 32.1. The van der Waals surface area contributed by atoms with Crippen molar-refractivity contribution >= 4 is 11.9 Å². The lowest BCUT2D eigenvalue weighted by atomic mass is 9.95. The molecule has 0 spiro atoms. The highest BCUT2D eigenvalue weighted by atomic mass is 16.5. The third kappa shape index (κ3) is 27.7. The molecular weight excluding hydrogens is 516 g/mol. The van der Waals surface area contributed by atoms with Crippen LogP contribution in [0, 0.1) is 11.8 Å². The van der Waals surface area contributed by atoms with Gasteiger partial charge in [0.25, 0.3) is 0 Å². The minimum atomic E-state index is -0.892. The van der Waals surface area contributed by atoms with Crippen molar-refractivity contribution in [3.05, 3.63) is 47.6 Å². The summed E-state index contributed by atoms with van der Waals surface area (Å²) in [5.41, 5.74) is 1.65. The first kappa shape index (κ1) is 41.0. The molecule has 0 aliphatic carbocycles. The molecule has 1 N–H and O–H groups in total. The van der Waals surface area contributed by atoms with Crippen LogP contribution in [0.3, 0.4) is 0 Å². The molecular formula is C35H62O6. The van der Waals surface area contributed by atoms with Crippen LogP contribution in [-0.4, -0.2) is 48.6 Å². The molecule has 0 heterocycles. The number of carbonyl (C=O) groups excluding carboxylic acids is 1. The summed E-state index contributed by atoms with van der Waals surface area (Å²) in [5, 5.41) is 8.59. The minimum absolute atomic E-state index is 0.0222. The van der Waals surface area contributed by atoms with Gasteiger partial charge in [-0.05, 0) is 104 Å². The first-order valence-corrected chi connectivity index (χ1v) is 15.2. The van der Waals surface area contributed by atoms with Gasteiger partial charge in [-0.15, -0.1) is 0 Å². The molecule has 0 aromatic rings. The molecule has 0 aliphatic rings. The Balaban J connectivity index is 0. The van der Waals surface area contributed by atoms with Crippen LogP contribution in [-0.2, 0) is 23.8 Å². The van der Waals surface area contributed by atoms with E-state index in [1.807, 2.05) is 32.9 Å². The molecule has 6 heteroatoms. The molecule has 0 rings (SSSR count). The van der Waals surface area contributed by atoms with Gasteiger partial charge < -0.3 is 19.3 Å². The Morgan fingerprint density at radius 3 is 1.46 bits per heavy atom. The van der Waals surface area contributed by atoms with Gasteiger partial charge in [0.05, 0.1) is 17.3 Å². The number of ether oxygens (including phenoxy) is 3. The summed E-state index contributed by atoms with van der Waals surface area (Å²) < 4.78 is 15.9. The predicted molar refractivity (Wildman–Crippen MR) is 172 cm³/mol. The maximum atomic E-state index is 11.5. The summed E-state index contributed by atoms with van der Waals surface area (Å²) in [6.07, 6.45) is 19.6. The maximum absolute atomic E-state index is 11.5. The highest BCUT2D eigenvalue weighted by Crippen LogP contribution is 2.21. The third-order valence-corrected chi connectivity index (χ3v) is 6.94. The topological polar surface area (TPSA) is 82.1 Å². The standard InChI is InChI=1S/C19H34O3.C16H28O3/c1-15(2)22-18(20)14-17(4)11-8-10-16(3)12-9-13-19(5,6)21-7;1-13(10-7-11-16(3,4)19-5)8-6-9-14(2)12-15(17)18/h8,11,14-16H,9-10,12-13H2,1-7H3;6,9,12-13H,7-8,10-11H2,1-5H3,(H,17,18)/b11-8+,17-14+;9-6+,14-12+/t16-;13-/m11/s1. The third-order valence-electron chi connectivity index (χ3n) is 6.94. The maximum Gasteiger partial charge on any atom is 0.331 e. The van der Waals surface area contributed by atoms with Gasteiger partial charge in [0, 0.05) is 26.4 Å². The van der Waals surface area contributed by atoms with Crippen LogP contribution in [0.2, 0.25) is 0 Å². The Labute approximate surface area is 252 Å². The molecule has 0 aromatic heterocycles. The van der Waals surface area contributed by atoms with E-state index in [4.69, 9.17) is 19.3 Å². The number of carbonyl (C=O) groups is 2. The summed E-state index contributed by atoms with van der Waals surface area (Å²) in [4.78, 5) is 21.9. The largest absolute Gasteiger partial charge is 0.478 e. The quantitative estimate of drug-likeness (QED) is 0.0934. The molecule has 0 bridgehead atoms. The van der Waals surface area contributed by atoms with Crippen molar-refractivity contribution in [3.63, 3.8) is 0 Å². The van der Waals surface area contributed by atoms with Crippen molar-refractivity contribution in [3.8, 4) is 0 Å². The number of rotatable bonds is 19. The van der Waals surface area contributed by atoms with Gasteiger partial charge in [-0.25, -0.2) is 9.59 Å². The van der Waals surface area contributed by atoms with Crippen LogP contribution >= 0.6 is 0 Å². The summed E-state index contributed by atoms with van der Waals surface area (Å²) in [6.45, 7) is 20.4. The number of hydrogen-bond acceptors (Lipinski definition) is 5. The van der Waals surface area contributed by atoms with Crippen molar-refractivity contribution in [2.45, 2.75) is 138 Å². The van der Waals surface area contributed by atoms with E-state index in [1.54, 1.807) is 27.2 Å². The zero-order valence-electron chi connectivity index (χ0n) is 28.3. The van der Waals surface area contributed by atoms with E-state index in [0.717, 1.165) is 43.3 Å². The summed E-state index contributed by atoms with van der Waals surface area (Å²) in [5.74, 6) is 0.0878. The summed E-state index contributed by atoms with van der Waals surface area (Å²) in [7, 11) is 3.52. The van der Waals surface area contributed by atoms with E-state index in [-0.39, 0.29) is 23.3 Å². The Kier molecular flexibility index (Phi) is 22.4. The smallest absolute Gasteiger partial charge is 0.331 e. The van der Waals surface area contributed by atoms with Gasteiger partial charge in [0.1, 0.15) is 0 Å². The molecule has 2 atom stereocenters. The second-order valence-electron chi connectivity index (χ2n) is 12.8. The summed E-state index contributed by atoms with van der Waals surface area (Å²) >= 11 is 0. The van der Waals surface area contributed by atoms with E-state index in [9.17, 15) is 9.59 Å². The number of carboxylic acid groups (broad SMARTS) is 1. The molecule has 0 radical (unpaired) electrons. The summed E-state index contributed by atoms with van der Waals surface area (Å²) in [6, 6.07) is 0. The van der Waals surface area contributed by atoms with Crippen LogP contribution in [0.15, 0.2) is 47.6 Å². The Bertz CT molecular complexity index is 845. The SMILES string of the molecule is COC(C)(C)CCC[C@H](C)C/C=C/C(C)=C/C(=O)O.COC(C)(C)CCC[C@H](C)C/C=C/C(C)=C/C(=O)OC(C)C. The van der Waals surface area contributed by atoms with Gasteiger partial charge in [0.15, 0.2) is 0 Å². The molecule has 0 unspecified atom stereocenters. The fourth-order valence-electron chi connectivity index (χ4n) is 3.91. The van der Waals surface area contributed by atoms with E-state index in [1.165, 1.54) is 25.3 Å². The van der Waals surface area contributed by atoms with E-state index < -0.39 is 5.97 Å². The van der Waals surface area contributed by atoms with Crippen LogP contribution in [0.4, 0.5) is 0 Å². The normalized spacial score (nSPS) is 14.8. The Hall–Kier alpha value is -2.18. The van der Waals surface area contributed by atoms with Crippen LogP contribution in [0.1, 0.15) is 121 Å². The fraction of sp³-hybridized carbons (Fsp3) is 0.714. The lowest BCUT2D eigenvalue weighted by Gasteiger charge is -2.23. The second kappa shape index (κ2) is 22.4. The molecule has 238 valence electrons. The number of hydrogen-bond donors (Lipinski definition) is 1. The van der Waals surface area contributed by atoms with Crippen LogP contribution < -0.4 is 0 Å². The van der Waals surface area contributed by atoms with Crippen LogP contribution in [0.5, 0.6) is 0 Å². The van der Waals surface area contributed by atoms with Gasteiger partial charge >= 0.3 is 11.9 Å². The zero-order valence-corrected chi connectivity index (χ0v) is 28.3. The van der Waals surface area contributed by atoms with Crippen molar-refractivity contribution < 1.29 is 28.9 Å². The van der Waals surface area contributed by atoms with Crippen molar-refractivity contribution in [2.75, 3.05) is 14.2 Å². The molecule has 0 amide bonds. The van der Waals surface area contributed by atoms with Gasteiger partial charge in [0.2, 0.25) is 0 Å². The molecule has 0 aromatic carbocycles. The number of esters is 1. The van der Waals surface area contributed by atoms with Gasteiger partial charge in [-0.1, -0.05) is 63.8 Å². The number of methoxy groups -OCH3 is 2. The Morgan fingerprint density at radius 2 is 1.12 bits per heavy atom. The molecule has 0 aliphatic heterocycles.